The van der Waals surface area contributed by atoms with Crippen LogP contribution in [0.1, 0.15) is 33.1 Å². The van der Waals surface area contributed by atoms with E-state index in [9.17, 15) is 9.59 Å². The molecule has 2 unspecified atom stereocenters. The quantitative estimate of drug-likeness (QED) is 0.685. The van der Waals surface area contributed by atoms with Crippen molar-refractivity contribution in [1.29, 1.82) is 0 Å². The number of amides is 2. The van der Waals surface area contributed by atoms with Crippen molar-refractivity contribution in [3.05, 3.63) is 0 Å². The van der Waals surface area contributed by atoms with Crippen molar-refractivity contribution in [3.8, 4) is 0 Å². The summed E-state index contributed by atoms with van der Waals surface area (Å²) in [7, 11) is 1.64. The van der Waals surface area contributed by atoms with Gasteiger partial charge in [0.25, 0.3) is 0 Å². The monoisotopic (exact) mass is 256 g/mol. The minimum atomic E-state index is -0.186. The van der Waals surface area contributed by atoms with Crippen molar-refractivity contribution in [3.63, 3.8) is 0 Å². The Balaban J connectivity index is 2.35. The summed E-state index contributed by atoms with van der Waals surface area (Å²) in [6.45, 7) is 5.89. The Kier molecular flexibility index (Phi) is 6.12. The number of rotatable bonds is 7. The fraction of sp³-hybridized carbons (Fsp3) is 0.846. The Morgan fingerprint density at radius 3 is 2.94 bits per heavy atom. The molecule has 1 fully saturated rings. The van der Waals surface area contributed by atoms with Crippen LogP contribution < -0.4 is 5.32 Å². The third kappa shape index (κ3) is 3.98. The standard InChI is InChI=1S/C13H24N2O3/c1-4-10(2)15-9-11(8-12(15)16)13(17)14-6-5-7-18-3/h10-11H,4-9H2,1-3H3,(H,14,17). The first-order valence-electron chi connectivity index (χ1n) is 6.66. The van der Waals surface area contributed by atoms with Crippen molar-refractivity contribution < 1.29 is 14.3 Å². The first-order chi connectivity index (χ1) is 8.60. The Bertz CT molecular complexity index is 294. The fourth-order valence-corrected chi connectivity index (χ4v) is 2.13. The molecule has 18 heavy (non-hydrogen) atoms. The maximum Gasteiger partial charge on any atom is 0.225 e. The van der Waals surface area contributed by atoms with E-state index in [2.05, 4.69) is 12.2 Å². The van der Waals surface area contributed by atoms with E-state index in [1.807, 2.05) is 11.8 Å². The van der Waals surface area contributed by atoms with Crippen LogP contribution in [0.15, 0.2) is 0 Å². The van der Waals surface area contributed by atoms with Gasteiger partial charge in [0, 0.05) is 39.3 Å². The summed E-state index contributed by atoms with van der Waals surface area (Å²) in [4.78, 5) is 25.5. The molecule has 2 atom stereocenters. The number of nitrogens with one attached hydrogen (secondary N) is 1. The minimum Gasteiger partial charge on any atom is -0.385 e. The SMILES string of the molecule is CCC(C)N1CC(C(=O)NCCCOC)CC1=O. The van der Waals surface area contributed by atoms with Crippen molar-refractivity contribution in [2.24, 2.45) is 5.92 Å². The van der Waals surface area contributed by atoms with E-state index in [1.54, 1.807) is 7.11 Å². The van der Waals surface area contributed by atoms with Gasteiger partial charge in [-0.3, -0.25) is 9.59 Å². The highest BCUT2D eigenvalue weighted by Gasteiger charge is 2.35. The normalized spacial score (nSPS) is 21.2. The third-order valence-corrected chi connectivity index (χ3v) is 3.48. The number of carbonyl (C=O) groups is 2. The highest BCUT2D eigenvalue weighted by molar-refractivity contribution is 5.89. The number of likely N-dealkylation sites (tertiary alicyclic amines) is 1. The summed E-state index contributed by atoms with van der Waals surface area (Å²) in [6.07, 6.45) is 2.08. The Morgan fingerprint density at radius 2 is 2.33 bits per heavy atom. The molecule has 1 saturated heterocycles. The van der Waals surface area contributed by atoms with Crippen LogP contribution in [-0.4, -0.2) is 49.6 Å². The molecule has 0 bridgehead atoms. The largest absolute Gasteiger partial charge is 0.385 e. The molecule has 1 rings (SSSR count). The number of methoxy groups -OCH3 is 1. The second kappa shape index (κ2) is 7.36. The van der Waals surface area contributed by atoms with Gasteiger partial charge in [-0.25, -0.2) is 0 Å². The molecule has 5 heteroatoms. The lowest BCUT2D eigenvalue weighted by molar-refractivity contribution is -0.130. The summed E-state index contributed by atoms with van der Waals surface area (Å²) >= 11 is 0. The van der Waals surface area contributed by atoms with Crippen molar-refractivity contribution in [2.45, 2.75) is 39.2 Å². The molecule has 0 saturated carbocycles. The highest BCUT2D eigenvalue weighted by atomic mass is 16.5. The van der Waals surface area contributed by atoms with Crippen molar-refractivity contribution in [2.75, 3.05) is 26.8 Å². The van der Waals surface area contributed by atoms with Gasteiger partial charge in [-0.2, -0.15) is 0 Å². The van der Waals surface area contributed by atoms with Crippen LogP contribution in [-0.2, 0) is 14.3 Å². The maximum absolute atomic E-state index is 11.9. The number of hydrogen-bond acceptors (Lipinski definition) is 3. The molecule has 1 N–H and O–H groups in total. The smallest absolute Gasteiger partial charge is 0.225 e. The predicted molar refractivity (Wildman–Crippen MR) is 69.1 cm³/mol. The van der Waals surface area contributed by atoms with Gasteiger partial charge in [-0.1, -0.05) is 6.92 Å². The topological polar surface area (TPSA) is 58.6 Å². The van der Waals surface area contributed by atoms with Gasteiger partial charge in [0.2, 0.25) is 11.8 Å². The Hall–Kier alpha value is -1.10. The molecular weight excluding hydrogens is 232 g/mol. The molecular formula is C13H24N2O3. The fourth-order valence-electron chi connectivity index (χ4n) is 2.13. The zero-order valence-corrected chi connectivity index (χ0v) is 11.6. The average Bonchev–Trinajstić information content (AvgIpc) is 2.75. The van der Waals surface area contributed by atoms with E-state index in [1.165, 1.54) is 0 Å². The minimum absolute atomic E-state index is 0.00902. The predicted octanol–water partition coefficient (Wildman–Crippen LogP) is 0.786. The van der Waals surface area contributed by atoms with E-state index < -0.39 is 0 Å². The number of hydrogen-bond donors (Lipinski definition) is 1. The van der Waals surface area contributed by atoms with Crippen LogP contribution in [0.5, 0.6) is 0 Å². The van der Waals surface area contributed by atoms with E-state index in [4.69, 9.17) is 4.74 Å². The van der Waals surface area contributed by atoms with Gasteiger partial charge in [0.15, 0.2) is 0 Å². The molecule has 0 spiro atoms. The van der Waals surface area contributed by atoms with Gasteiger partial charge in [-0.05, 0) is 19.8 Å². The Labute approximate surface area is 109 Å². The molecule has 1 aliphatic heterocycles. The van der Waals surface area contributed by atoms with E-state index in [-0.39, 0.29) is 23.8 Å². The molecule has 1 heterocycles. The average molecular weight is 256 g/mol. The lowest BCUT2D eigenvalue weighted by Gasteiger charge is -2.23. The highest BCUT2D eigenvalue weighted by Crippen LogP contribution is 2.21. The van der Waals surface area contributed by atoms with Gasteiger partial charge < -0.3 is 15.0 Å². The number of nitrogens with zero attached hydrogens (tertiary/aromatic N) is 1. The lowest BCUT2D eigenvalue weighted by Crippen LogP contribution is -2.36. The molecule has 1 aliphatic rings. The molecule has 0 aromatic carbocycles. The van der Waals surface area contributed by atoms with Crippen LogP contribution in [0, 0.1) is 5.92 Å². The summed E-state index contributed by atoms with van der Waals surface area (Å²) in [5, 5.41) is 2.86. The second-order valence-corrected chi connectivity index (χ2v) is 4.84. The van der Waals surface area contributed by atoms with Gasteiger partial charge in [-0.15, -0.1) is 0 Å². The third-order valence-electron chi connectivity index (χ3n) is 3.48. The summed E-state index contributed by atoms with van der Waals surface area (Å²) in [5.74, 6) is -0.0966. The van der Waals surface area contributed by atoms with Gasteiger partial charge in [0.05, 0.1) is 5.92 Å². The summed E-state index contributed by atoms with van der Waals surface area (Å²) < 4.78 is 4.92. The first-order valence-corrected chi connectivity index (χ1v) is 6.66. The Morgan fingerprint density at radius 1 is 1.61 bits per heavy atom. The van der Waals surface area contributed by atoms with Crippen LogP contribution in [0.4, 0.5) is 0 Å². The number of carbonyl (C=O) groups excluding carboxylic acids is 2. The molecule has 104 valence electrons. The second-order valence-electron chi connectivity index (χ2n) is 4.84. The zero-order chi connectivity index (χ0) is 13.5. The lowest BCUT2D eigenvalue weighted by atomic mass is 10.1. The van der Waals surface area contributed by atoms with E-state index in [0.29, 0.717) is 26.1 Å². The molecule has 0 aromatic heterocycles. The van der Waals surface area contributed by atoms with Crippen LogP contribution in [0.2, 0.25) is 0 Å². The van der Waals surface area contributed by atoms with Crippen LogP contribution in [0.25, 0.3) is 0 Å². The maximum atomic E-state index is 11.9. The molecule has 0 radical (unpaired) electrons. The van der Waals surface area contributed by atoms with E-state index >= 15 is 0 Å². The van der Waals surface area contributed by atoms with Crippen molar-refractivity contribution >= 4 is 11.8 Å². The summed E-state index contributed by atoms with van der Waals surface area (Å²) in [6, 6.07) is 0.226. The van der Waals surface area contributed by atoms with Crippen LogP contribution in [0.3, 0.4) is 0 Å². The van der Waals surface area contributed by atoms with Crippen LogP contribution >= 0.6 is 0 Å². The van der Waals surface area contributed by atoms with E-state index in [0.717, 1.165) is 12.8 Å². The van der Waals surface area contributed by atoms with Crippen molar-refractivity contribution in [1.82, 2.24) is 10.2 Å². The number of ether oxygens (including phenoxy) is 1. The molecule has 0 aromatic rings. The summed E-state index contributed by atoms with van der Waals surface area (Å²) in [5.41, 5.74) is 0. The molecule has 0 aliphatic carbocycles. The van der Waals surface area contributed by atoms with Gasteiger partial charge in [0.1, 0.15) is 0 Å². The first kappa shape index (κ1) is 15.0. The van der Waals surface area contributed by atoms with Gasteiger partial charge >= 0.3 is 0 Å². The molecule has 2 amide bonds. The zero-order valence-electron chi connectivity index (χ0n) is 11.6. The molecule has 5 nitrogen and oxygen atoms in total.